The molecule has 1 saturated heterocycles. The molecule has 0 bridgehead atoms. The molecule has 0 N–H and O–H groups in total. The SMILES string of the molecule is COc1ccc(N2CCN(Cn3nc(C(C)C)oc3=S)CC2)cc1. The maximum atomic E-state index is 5.55. The Labute approximate surface area is 147 Å². The summed E-state index contributed by atoms with van der Waals surface area (Å²) in [6, 6.07) is 8.22. The van der Waals surface area contributed by atoms with Gasteiger partial charge in [-0.15, -0.1) is 5.10 Å². The Morgan fingerprint density at radius 3 is 2.38 bits per heavy atom. The highest BCUT2D eigenvalue weighted by Gasteiger charge is 2.19. The molecule has 1 aromatic heterocycles. The molecule has 3 rings (SSSR count). The Hall–Kier alpha value is -1.86. The predicted molar refractivity (Wildman–Crippen MR) is 96.2 cm³/mol. The topological polar surface area (TPSA) is 46.7 Å². The van der Waals surface area contributed by atoms with Gasteiger partial charge in [-0.2, -0.15) is 0 Å². The van der Waals surface area contributed by atoms with Crippen LogP contribution in [-0.4, -0.2) is 48.0 Å². The van der Waals surface area contributed by atoms with Crippen molar-refractivity contribution < 1.29 is 9.15 Å². The highest BCUT2D eigenvalue weighted by Crippen LogP contribution is 2.21. The highest BCUT2D eigenvalue weighted by atomic mass is 32.1. The Balaban J connectivity index is 1.57. The van der Waals surface area contributed by atoms with Crippen molar-refractivity contribution in [3.8, 4) is 5.75 Å². The smallest absolute Gasteiger partial charge is 0.288 e. The molecule has 1 aromatic carbocycles. The number of hydrogen-bond donors (Lipinski definition) is 0. The van der Waals surface area contributed by atoms with Crippen molar-refractivity contribution in [1.82, 2.24) is 14.7 Å². The lowest BCUT2D eigenvalue weighted by Crippen LogP contribution is -2.46. The first-order chi connectivity index (χ1) is 11.6. The maximum Gasteiger partial charge on any atom is 0.288 e. The summed E-state index contributed by atoms with van der Waals surface area (Å²) in [5.74, 6) is 1.84. The lowest BCUT2D eigenvalue weighted by atomic mass is 10.2. The second-order valence-electron chi connectivity index (χ2n) is 6.30. The third kappa shape index (κ3) is 3.79. The van der Waals surface area contributed by atoms with Crippen LogP contribution >= 0.6 is 12.2 Å². The Kier molecular flexibility index (Phi) is 5.20. The summed E-state index contributed by atoms with van der Waals surface area (Å²) in [5.41, 5.74) is 1.23. The quantitative estimate of drug-likeness (QED) is 0.774. The molecule has 0 saturated carbocycles. The lowest BCUT2D eigenvalue weighted by molar-refractivity contribution is 0.192. The van der Waals surface area contributed by atoms with E-state index in [0.29, 0.717) is 17.4 Å². The molecule has 0 spiro atoms. The van der Waals surface area contributed by atoms with Crippen molar-refractivity contribution in [2.75, 3.05) is 38.2 Å². The number of anilines is 1. The van der Waals surface area contributed by atoms with Gasteiger partial charge in [-0.3, -0.25) is 4.90 Å². The number of nitrogens with zero attached hydrogens (tertiary/aromatic N) is 4. The number of methoxy groups -OCH3 is 1. The largest absolute Gasteiger partial charge is 0.497 e. The molecule has 2 aromatic rings. The van der Waals surface area contributed by atoms with E-state index in [2.05, 4.69) is 40.9 Å². The van der Waals surface area contributed by atoms with Crippen LogP contribution in [0.15, 0.2) is 28.7 Å². The fourth-order valence-corrected chi connectivity index (χ4v) is 2.96. The standard InChI is InChI=1S/C17H24N4O2S/c1-13(2)16-18-21(17(24)23-16)12-19-8-10-20(11-9-19)14-4-6-15(22-3)7-5-14/h4-7,13H,8-12H2,1-3H3. The molecule has 2 heterocycles. The van der Waals surface area contributed by atoms with Gasteiger partial charge in [-0.25, -0.2) is 4.68 Å². The zero-order valence-corrected chi connectivity index (χ0v) is 15.3. The van der Waals surface area contributed by atoms with Gasteiger partial charge in [0.15, 0.2) is 0 Å². The van der Waals surface area contributed by atoms with E-state index in [-0.39, 0.29) is 5.92 Å². The molecule has 24 heavy (non-hydrogen) atoms. The van der Waals surface area contributed by atoms with Crippen LogP contribution in [0, 0.1) is 4.84 Å². The number of aromatic nitrogens is 2. The number of benzene rings is 1. The molecule has 7 heteroatoms. The Morgan fingerprint density at radius 2 is 1.83 bits per heavy atom. The summed E-state index contributed by atoms with van der Waals surface area (Å²) in [7, 11) is 1.69. The van der Waals surface area contributed by atoms with E-state index >= 15 is 0 Å². The monoisotopic (exact) mass is 348 g/mol. The van der Waals surface area contributed by atoms with Crippen molar-refractivity contribution in [3.05, 3.63) is 35.0 Å². The van der Waals surface area contributed by atoms with E-state index < -0.39 is 0 Å². The van der Waals surface area contributed by atoms with Gasteiger partial charge >= 0.3 is 0 Å². The van der Waals surface area contributed by atoms with Gasteiger partial charge in [0.1, 0.15) is 5.75 Å². The molecule has 1 fully saturated rings. The van der Waals surface area contributed by atoms with Gasteiger partial charge in [0.25, 0.3) is 4.84 Å². The third-order valence-electron chi connectivity index (χ3n) is 4.26. The zero-order chi connectivity index (χ0) is 17.1. The average Bonchev–Trinajstić information content (AvgIpc) is 2.97. The predicted octanol–water partition coefficient (Wildman–Crippen LogP) is 3.12. The van der Waals surface area contributed by atoms with Crippen LogP contribution in [0.1, 0.15) is 25.7 Å². The summed E-state index contributed by atoms with van der Waals surface area (Å²) in [6.45, 7) is 8.70. The van der Waals surface area contributed by atoms with E-state index in [1.165, 1.54) is 5.69 Å². The van der Waals surface area contributed by atoms with Crippen LogP contribution in [0.25, 0.3) is 0 Å². The third-order valence-corrected chi connectivity index (χ3v) is 4.55. The zero-order valence-electron chi connectivity index (χ0n) is 14.4. The van der Waals surface area contributed by atoms with Gasteiger partial charge in [0.05, 0.1) is 13.8 Å². The fourth-order valence-electron chi connectivity index (χ4n) is 2.78. The molecular formula is C17H24N4O2S. The van der Waals surface area contributed by atoms with E-state index in [4.69, 9.17) is 21.4 Å². The van der Waals surface area contributed by atoms with Crippen LogP contribution in [0.5, 0.6) is 5.75 Å². The van der Waals surface area contributed by atoms with Gasteiger partial charge < -0.3 is 14.1 Å². The summed E-state index contributed by atoms with van der Waals surface area (Å²) in [5, 5.41) is 4.48. The first kappa shape index (κ1) is 17.0. The normalized spacial score (nSPS) is 15.9. The molecule has 1 aliphatic rings. The second kappa shape index (κ2) is 7.36. The van der Waals surface area contributed by atoms with Crippen LogP contribution in [0.3, 0.4) is 0 Å². The van der Waals surface area contributed by atoms with E-state index in [0.717, 1.165) is 31.9 Å². The molecule has 130 valence electrons. The molecule has 0 radical (unpaired) electrons. The molecule has 0 amide bonds. The molecule has 0 aliphatic carbocycles. The van der Waals surface area contributed by atoms with Crippen LogP contribution < -0.4 is 9.64 Å². The Morgan fingerprint density at radius 1 is 1.17 bits per heavy atom. The van der Waals surface area contributed by atoms with Gasteiger partial charge in [-0.05, 0) is 36.5 Å². The van der Waals surface area contributed by atoms with Gasteiger partial charge in [0.2, 0.25) is 5.89 Å². The minimum atomic E-state index is 0.250. The van der Waals surface area contributed by atoms with E-state index in [1.54, 1.807) is 11.8 Å². The van der Waals surface area contributed by atoms with Crippen molar-refractivity contribution in [1.29, 1.82) is 0 Å². The summed E-state index contributed by atoms with van der Waals surface area (Å²) in [6.07, 6.45) is 0. The number of rotatable bonds is 5. The minimum Gasteiger partial charge on any atom is -0.497 e. The lowest BCUT2D eigenvalue weighted by Gasteiger charge is -2.35. The molecule has 6 nitrogen and oxygen atoms in total. The van der Waals surface area contributed by atoms with Crippen molar-refractivity contribution in [3.63, 3.8) is 0 Å². The van der Waals surface area contributed by atoms with Crippen LogP contribution in [0.2, 0.25) is 0 Å². The highest BCUT2D eigenvalue weighted by molar-refractivity contribution is 7.71. The van der Waals surface area contributed by atoms with Crippen LogP contribution in [0.4, 0.5) is 5.69 Å². The van der Waals surface area contributed by atoms with Crippen molar-refractivity contribution in [2.24, 2.45) is 0 Å². The van der Waals surface area contributed by atoms with Crippen LogP contribution in [-0.2, 0) is 6.67 Å². The first-order valence-corrected chi connectivity index (χ1v) is 8.67. The molecule has 0 unspecified atom stereocenters. The first-order valence-electron chi connectivity index (χ1n) is 8.26. The number of piperazine rings is 1. The Bertz CT molecular complexity index is 715. The molecular weight excluding hydrogens is 324 g/mol. The summed E-state index contributed by atoms with van der Waals surface area (Å²) >= 11 is 5.27. The van der Waals surface area contributed by atoms with E-state index in [1.807, 2.05) is 12.1 Å². The molecule has 1 aliphatic heterocycles. The van der Waals surface area contributed by atoms with Crippen molar-refractivity contribution in [2.45, 2.75) is 26.4 Å². The number of hydrogen-bond acceptors (Lipinski definition) is 6. The second-order valence-corrected chi connectivity index (χ2v) is 6.65. The van der Waals surface area contributed by atoms with Gasteiger partial charge in [0, 0.05) is 37.8 Å². The fraction of sp³-hybridized carbons (Fsp3) is 0.529. The summed E-state index contributed by atoms with van der Waals surface area (Å²) in [4.78, 5) is 5.19. The average molecular weight is 348 g/mol. The summed E-state index contributed by atoms with van der Waals surface area (Å²) < 4.78 is 12.5. The minimum absolute atomic E-state index is 0.250. The maximum absolute atomic E-state index is 5.55. The molecule has 0 atom stereocenters. The van der Waals surface area contributed by atoms with E-state index in [9.17, 15) is 0 Å². The number of ether oxygens (including phenoxy) is 1. The van der Waals surface area contributed by atoms with Crippen molar-refractivity contribution >= 4 is 17.9 Å². The van der Waals surface area contributed by atoms with Gasteiger partial charge in [-0.1, -0.05) is 13.8 Å².